The van der Waals surface area contributed by atoms with E-state index in [0.717, 1.165) is 4.31 Å². The predicted octanol–water partition coefficient (Wildman–Crippen LogP) is -0.852. The van der Waals surface area contributed by atoms with Crippen molar-refractivity contribution in [1.82, 2.24) is 14.3 Å². The number of hydrogen-bond acceptors (Lipinski definition) is 7. The van der Waals surface area contributed by atoms with Crippen molar-refractivity contribution in [3.63, 3.8) is 0 Å². The van der Waals surface area contributed by atoms with Gasteiger partial charge in [-0.3, -0.25) is 0 Å². The lowest BCUT2D eigenvalue weighted by Gasteiger charge is -2.20. The lowest BCUT2D eigenvalue weighted by atomic mass is 10.6. The molecule has 0 atom stereocenters. The molecule has 0 aliphatic rings. The van der Waals surface area contributed by atoms with E-state index in [1.54, 1.807) is 7.05 Å². The van der Waals surface area contributed by atoms with Crippen molar-refractivity contribution in [2.75, 3.05) is 45.8 Å². The molecule has 0 aliphatic heterocycles. The number of aliphatic hydroxyl groups excluding tert-OH is 1. The molecule has 0 bridgehead atoms. The van der Waals surface area contributed by atoms with Crippen molar-refractivity contribution < 1.29 is 18.3 Å². The lowest BCUT2D eigenvalue weighted by molar-refractivity contribution is 0.168. The monoisotopic (exact) mass is 290 g/mol. The minimum atomic E-state index is -3.72. The number of aliphatic hydroxyl groups is 1. The molecule has 0 fully saturated rings. The molecular formula is C10H18N4O4S. The largest absolute Gasteiger partial charge is 0.395 e. The quantitative estimate of drug-likeness (QED) is 0.642. The molecule has 1 rings (SSSR count). The number of nitrogens with zero attached hydrogens (tertiary/aromatic N) is 3. The van der Waals surface area contributed by atoms with E-state index < -0.39 is 10.0 Å². The fourth-order valence-electron chi connectivity index (χ4n) is 1.38. The van der Waals surface area contributed by atoms with E-state index in [2.05, 4.69) is 15.3 Å². The fourth-order valence-corrected chi connectivity index (χ4v) is 2.69. The van der Waals surface area contributed by atoms with Gasteiger partial charge in [-0.1, -0.05) is 0 Å². The number of methoxy groups -OCH3 is 1. The van der Waals surface area contributed by atoms with Crippen LogP contribution in [0.5, 0.6) is 0 Å². The zero-order valence-corrected chi connectivity index (χ0v) is 11.7. The van der Waals surface area contributed by atoms with Gasteiger partial charge in [0.15, 0.2) is 0 Å². The molecule has 1 aromatic heterocycles. The van der Waals surface area contributed by atoms with Crippen LogP contribution in [0.3, 0.4) is 0 Å². The minimum absolute atomic E-state index is 0.000523. The number of rotatable bonds is 8. The molecule has 0 aromatic carbocycles. The van der Waals surface area contributed by atoms with Gasteiger partial charge in [-0.25, -0.2) is 18.4 Å². The van der Waals surface area contributed by atoms with Crippen molar-refractivity contribution in [2.24, 2.45) is 0 Å². The first-order valence-corrected chi connectivity index (χ1v) is 7.10. The molecule has 1 heterocycles. The zero-order valence-electron chi connectivity index (χ0n) is 10.9. The van der Waals surface area contributed by atoms with E-state index in [9.17, 15) is 8.42 Å². The van der Waals surface area contributed by atoms with Gasteiger partial charge in [-0.15, -0.1) is 0 Å². The SMILES string of the molecule is CNc1ncc(S(=O)(=O)N(CCO)CCOC)cn1. The van der Waals surface area contributed by atoms with Crippen LogP contribution in [-0.2, 0) is 14.8 Å². The molecule has 9 heteroatoms. The standard InChI is InChI=1S/C10H18N4O4S/c1-11-10-12-7-9(8-13-10)19(16,17)14(3-5-15)4-6-18-2/h7-8,15H,3-6H2,1-2H3,(H,11,12,13). The molecule has 0 amide bonds. The molecule has 108 valence electrons. The van der Waals surface area contributed by atoms with Crippen LogP contribution in [0.4, 0.5) is 5.95 Å². The van der Waals surface area contributed by atoms with Gasteiger partial charge in [0.25, 0.3) is 0 Å². The third kappa shape index (κ3) is 4.10. The summed E-state index contributed by atoms with van der Waals surface area (Å²) in [4.78, 5) is 7.71. The van der Waals surface area contributed by atoms with Crippen molar-refractivity contribution in [1.29, 1.82) is 0 Å². The van der Waals surface area contributed by atoms with Crippen LogP contribution < -0.4 is 5.32 Å². The Morgan fingerprint density at radius 3 is 2.47 bits per heavy atom. The van der Waals surface area contributed by atoms with Crippen LogP contribution in [0.25, 0.3) is 0 Å². The average molecular weight is 290 g/mol. The van der Waals surface area contributed by atoms with Gasteiger partial charge in [0.1, 0.15) is 4.90 Å². The molecule has 0 spiro atoms. The number of anilines is 1. The number of sulfonamides is 1. The number of aromatic nitrogens is 2. The first-order valence-electron chi connectivity index (χ1n) is 5.66. The normalized spacial score (nSPS) is 11.8. The van der Waals surface area contributed by atoms with Crippen LogP contribution in [0.15, 0.2) is 17.3 Å². The second-order valence-electron chi connectivity index (χ2n) is 3.61. The Balaban J connectivity index is 2.96. The number of ether oxygens (including phenoxy) is 1. The van der Waals surface area contributed by atoms with Gasteiger partial charge in [-0.2, -0.15) is 4.31 Å². The van der Waals surface area contributed by atoms with E-state index >= 15 is 0 Å². The van der Waals surface area contributed by atoms with E-state index in [1.807, 2.05) is 0 Å². The van der Waals surface area contributed by atoms with Crippen molar-refractivity contribution in [3.8, 4) is 0 Å². The molecule has 0 radical (unpaired) electrons. The molecule has 1 aromatic rings. The maximum absolute atomic E-state index is 12.3. The summed E-state index contributed by atoms with van der Waals surface area (Å²) in [5, 5.41) is 11.6. The Morgan fingerprint density at radius 1 is 1.37 bits per heavy atom. The van der Waals surface area contributed by atoms with E-state index in [4.69, 9.17) is 9.84 Å². The number of nitrogens with one attached hydrogen (secondary N) is 1. The second kappa shape index (κ2) is 7.34. The van der Waals surface area contributed by atoms with Crippen molar-refractivity contribution >= 4 is 16.0 Å². The summed E-state index contributed by atoms with van der Waals surface area (Å²) in [5.74, 6) is 0.338. The summed E-state index contributed by atoms with van der Waals surface area (Å²) in [7, 11) is -0.600. The molecule has 0 aliphatic carbocycles. The summed E-state index contributed by atoms with van der Waals surface area (Å²) >= 11 is 0. The maximum Gasteiger partial charge on any atom is 0.246 e. The maximum atomic E-state index is 12.3. The molecule has 0 saturated heterocycles. The van der Waals surface area contributed by atoms with Crippen LogP contribution in [0.2, 0.25) is 0 Å². The fraction of sp³-hybridized carbons (Fsp3) is 0.600. The first-order chi connectivity index (χ1) is 9.06. The zero-order chi connectivity index (χ0) is 14.3. The third-order valence-electron chi connectivity index (χ3n) is 2.38. The van der Waals surface area contributed by atoms with Crippen molar-refractivity contribution in [3.05, 3.63) is 12.4 Å². The highest BCUT2D eigenvalue weighted by molar-refractivity contribution is 7.89. The van der Waals surface area contributed by atoms with E-state index in [1.165, 1.54) is 19.5 Å². The molecule has 2 N–H and O–H groups in total. The molecule has 19 heavy (non-hydrogen) atoms. The van der Waals surface area contributed by atoms with Gasteiger partial charge in [-0.05, 0) is 0 Å². The van der Waals surface area contributed by atoms with Gasteiger partial charge in [0.05, 0.1) is 25.6 Å². The van der Waals surface area contributed by atoms with Gasteiger partial charge in [0, 0.05) is 27.2 Å². The Kier molecular flexibility index (Phi) is 6.09. The minimum Gasteiger partial charge on any atom is -0.395 e. The van der Waals surface area contributed by atoms with Gasteiger partial charge in [0.2, 0.25) is 16.0 Å². The number of hydrogen-bond donors (Lipinski definition) is 2. The van der Waals surface area contributed by atoms with Crippen LogP contribution in [0, 0.1) is 0 Å². The second-order valence-corrected chi connectivity index (χ2v) is 5.55. The Morgan fingerprint density at radius 2 is 2.00 bits per heavy atom. The van der Waals surface area contributed by atoms with E-state index in [-0.39, 0.29) is 31.2 Å². The summed E-state index contributed by atoms with van der Waals surface area (Å²) in [5.41, 5.74) is 0. The molecule has 8 nitrogen and oxygen atoms in total. The summed E-state index contributed by atoms with van der Waals surface area (Å²) < 4.78 is 30.6. The molecular weight excluding hydrogens is 272 g/mol. The van der Waals surface area contributed by atoms with Gasteiger partial charge < -0.3 is 15.2 Å². The van der Waals surface area contributed by atoms with Crippen LogP contribution >= 0.6 is 0 Å². The topological polar surface area (TPSA) is 105 Å². The van der Waals surface area contributed by atoms with Gasteiger partial charge >= 0.3 is 0 Å². The Hall–Kier alpha value is -1.29. The highest BCUT2D eigenvalue weighted by Crippen LogP contribution is 2.14. The predicted molar refractivity (Wildman–Crippen MR) is 69.3 cm³/mol. The molecule has 0 unspecified atom stereocenters. The summed E-state index contributed by atoms with van der Waals surface area (Å²) in [6, 6.07) is 0. The first kappa shape index (κ1) is 15.8. The van der Waals surface area contributed by atoms with E-state index in [0.29, 0.717) is 5.95 Å². The van der Waals surface area contributed by atoms with Crippen LogP contribution in [0.1, 0.15) is 0 Å². The lowest BCUT2D eigenvalue weighted by Crippen LogP contribution is -2.36. The summed E-state index contributed by atoms with van der Waals surface area (Å²) in [6.45, 7) is 0.139. The Labute approximate surface area is 112 Å². The summed E-state index contributed by atoms with van der Waals surface area (Å²) in [6.07, 6.45) is 2.46. The smallest absolute Gasteiger partial charge is 0.246 e. The van der Waals surface area contributed by atoms with Crippen LogP contribution in [-0.4, -0.2) is 68.3 Å². The van der Waals surface area contributed by atoms with Crippen molar-refractivity contribution in [2.45, 2.75) is 4.90 Å². The highest BCUT2D eigenvalue weighted by Gasteiger charge is 2.24. The Bertz CT molecular complexity index is 477. The highest BCUT2D eigenvalue weighted by atomic mass is 32.2. The molecule has 0 saturated carbocycles. The third-order valence-corrected chi connectivity index (χ3v) is 4.24. The average Bonchev–Trinajstić information content (AvgIpc) is 2.43.